The standard InChI is InChI=1S/C24H35IN2O4/c1-7-30-23(29)22(31-24(4,5)6)20-14(2)17-12-19(28)27(16-8-10-26-11-9-16)13-18(17)15(3)21(20)25/h16,22,26H,7-13H2,1-6H3/t22-/m0/s1. The van der Waals surface area contributed by atoms with E-state index in [2.05, 4.69) is 39.7 Å². The number of carbonyl (C=O) groups is 2. The van der Waals surface area contributed by atoms with Gasteiger partial charge in [-0.1, -0.05) is 0 Å². The van der Waals surface area contributed by atoms with Crippen molar-refractivity contribution >= 4 is 34.5 Å². The van der Waals surface area contributed by atoms with Crippen molar-refractivity contribution in [1.82, 2.24) is 10.2 Å². The summed E-state index contributed by atoms with van der Waals surface area (Å²) in [5.74, 6) is -0.199. The lowest BCUT2D eigenvalue weighted by Crippen LogP contribution is -2.48. The molecule has 0 aliphatic carbocycles. The van der Waals surface area contributed by atoms with Crippen LogP contribution in [0.3, 0.4) is 0 Å². The molecule has 1 aromatic carbocycles. The van der Waals surface area contributed by atoms with Gasteiger partial charge in [0.15, 0.2) is 6.10 Å². The van der Waals surface area contributed by atoms with E-state index in [1.807, 2.05) is 27.7 Å². The third-order valence-corrected chi connectivity index (χ3v) is 7.59. The normalized spacial score (nSPS) is 18.7. The first-order valence-electron chi connectivity index (χ1n) is 11.2. The van der Waals surface area contributed by atoms with Gasteiger partial charge >= 0.3 is 5.97 Å². The SMILES string of the molecule is CCOC(=O)[C@@H](OC(C)(C)C)c1c(C)c2c(c(C)c1I)CN(C1CCNCC1)C(=O)C2. The van der Waals surface area contributed by atoms with Gasteiger partial charge in [0, 0.05) is 21.7 Å². The minimum absolute atomic E-state index is 0.179. The van der Waals surface area contributed by atoms with Crippen molar-refractivity contribution in [3.8, 4) is 0 Å². The molecule has 2 heterocycles. The second kappa shape index (κ2) is 9.75. The summed E-state index contributed by atoms with van der Waals surface area (Å²) >= 11 is 2.33. The Morgan fingerprint density at radius 2 is 1.84 bits per heavy atom. The number of esters is 1. The molecule has 3 rings (SSSR count). The predicted octanol–water partition coefficient (Wildman–Crippen LogP) is 3.96. The number of benzene rings is 1. The lowest BCUT2D eigenvalue weighted by Gasteiger charge is -2.40. The van der Waals surface area contributed by atoms with E-state index in [-0.39, 0.29) is 11.9 Å². The molecule has 2 aliphatic rings. The van der Waals surface area contributed by atoms with Gasteiger partial charge in [-0.05, 0) is 112 Å². The van der Waals surface area contributed by atoms with Crippen LogP contribution >= 0.6 is 22.6 Å². The van der Waals surface area contributed by atoms with Crippen LogP contribution in [0.25, 0.3) is 0 Å². The second-order valence-corrected chi connectivity index (χ2v) is 10.6. The van der Waals surface area contributed by atoms with Crippen LogP contribution in [0.1, 0.15) is 74.5 Å². The number of carbonyl (C=O) groups excluding carboxylic acids is 2. The fraction of sp³-hybridized carbons (Fsp3) is 0.667. The molecule has 1 N–H and O–H groups in total. The molecule has 1 fully saturated rings. The highest BCUT2D eigenvalue weighted by atomic mass is 127. The molecule has 1 saturated heterocycles. The van der Waals surface area contributed by atoms with Crippen molar-refractivity contribution < 1.29 is 19.1 Å². The van der Waals surface area contributed by atoms with E-state index >= 15 is 0 Å². The molecule has 1 aromatic rings. The van der Waals surface area contributed by atoms with E-state index in [0.717, 1.165) is 51.8 Å². The third kappa shape index (κ3) is 5.25. The number of fused-ring (bicyclic) bond motifs is 1. The molecular formula is C24H35IN2O4. The Hall–Kier alpha value is -1.19. The number of halogens is 1. The second-order valence-electron chi connectivity index (χ2n) is 9.48. The Morgan fingerprint density at radius 1 is 1.19 bits per heavy atom. The molecular weight excluding hydrogens is 507 g/mol. The zero-order valence-corrected chi connectivity index (χ0v) is 21.7. The van der Waals surface area contributed by atoms with Crippen molar-refractivity contribution in [2.45, 2.75) is 85.1 Å². The lowest BCUT2D eigenvalue weighted by molar-refractivity contribution is -0.167. The van der Waals surface area contributed by atoms with Gasteiger partial charge in [0.1, 0.15) is 0 Å². The van der Waals surface area contributed by atoms with Crippen LogP contribution in [-0.2, 0) is 32.0 Å². The molecule has 1 amide bonds. The number of nitrogens with one attached hydrogen (secondary N) is 1. The van der Waals surface area contributed by atoms with Crippen molar-refractivity contribution in [2.75, 3.05) is 19.7 Å². The van der Waals surface area contributed by atoms with E-state index in [1.165, 1.54) is 5.56 Å². The summed E-state index contributed by atoms with van der Waals surface area (Å²) in [5.41, 5.74) is 4.71. The minimum Gasteiger partial charge on any atom is -0.464 e. The molecule has 0 spiro atoms. The zero-order chi connectivity index (χ0) is 22.9. The summed E-state index contributed by atoms with van der Waals surface area (Å²) in [5, 5.41) is 3.38. The number of ether oxygens (including phenoxy) is 2. The van der Waals surface area contributed by atoms with E-state index in [1.54, 1.807) is 6.92 Å². The quantitative estimate of drug-likeness (QED) is 0.451. The van der Waals surface area contributed by atoms with Gasteiger partial charge in [-0.2, -0.15) is 0 Å². The van der Waals surface area contributed by atoms with E-state index in [9.17, 15) is 9.59 Å². The summed E-state index contributed by atoms with van der Waals surface area (Å²) in [6.45, 7) is 14.6. The highest BCUT2D eigenvalue weighted by Crippen LogP contribution is 2.39. The van der Waals surface area contributed by atoms with E-state index in [4.69, 9.17) is 9.47 Å². The Bertz CT molecular complexity index is 856. The van der Waals surface area contributed by atoms with Crippen LogP contribution in [0.15, 0.2) is 0 Å². The molecule has 31 heavy (non-hydrogen) atoms. The number of rotatable bonds is 5. The molecule has 0 unspecified atom stereocenters. The number of hydrogen-bond donors (Lipinski definition) is 1. The topological polar surface area (TPSA) is 67.9 Å². The lowest BCUT2D eigenvalue weighted by atomic mass is 9.85. The molecule has 172 valence electrons. The van der Waals surface area contributed by atoms with Gasteiger partial charge in [-0.25, -0.2) is 4.79 Å². The molecule has 1 atom stereocenters. The van der Waals surface area contributed by atoms with Crippen LogP contribution in [0.2, 0.25) is 0 Å². The maximum Gasteiger partial charge on any atom is 0.340 e. The smallest absolute Gasteiger partial charge is 0.340 e. The third-order valence-electron chi connectivity index (χ3n) is 6.20. The van der Waals surface area contributed by atoms with Gasteiger partial charge in [0.2, 0.25) is 5.91 Å². The van der Waals surface area contributed by atoms with Gasteiger partial charge in [-0.3, -0.25) is 4.79 Å². The minimum atomic E-state index is -0.812. The monoisotopic (exact) mass is 542 g/mol. The van der Waals surface area contributed by atoms with Crippen molar-refractivity contribution in [3.05, 3.63) is 31.4 Å². The first kappa shape index (κ1) is 24.5. The molecule has 0 saturated carbocycles. The number of nitrogens with zero attached hydrogens (tertiary/aromatic N) is 1. The summed E-state index contributed by atoms with van der Waals surface area (Å²) < 4.78 is 12.6. The van der Waals surface area contributed by atoms with E-state index < -0.39 is 11.7 Å². The maximum atomic E-state index is 13.1. The predicted molar refractivity (Wildman–Crippen MR) is 129 cm³/mol. The van der Waals surface area contributed by atoms with Gasteiger partial charge in [-0.15, -0.1) is 0 Å². The average Bonchev–Trinajstić information content (AvgIpc) is 2.71. The Morgan fingerprint density at radius 3 is 2.42 bits per heavy atom. The zero-order valence-electron chi connectivity index (χ0n) is 19.6. The van der Waals surface area contributed by atoms with E-state index in [0.29, 0.717) is 25.6 Å². The fourth-order valence-electron chi connectivity index (χ4n) is 4.64. The summed E-state index contributed by atoms with van der Waals surface area (Å²) in [6, 6.07) is 0.301. The van der Waals surface area contributed by atoms with Gasteiger partial charge < -0.3 is 19.7 Å². The molecule has 0 radical (unpaired) electrons. The van der Waals surface area contributed by atoms with Crippen molar-refractivity contribution in [2.24, 2.45) is 0 Å². The van der Waals surface area contributed by atoms with Crippen LogP contribution in [0.5, 0.6) is 0 Å². The molecule has 0 aromatic heterocycles. The summed E-state index contributed by atoms with van der Waals surface area (Å²) in [4.78, 5) is 28.1. The Kier molecular flexibility index (Phi) is 7.69. The van der Waals surface area contributed by atoms with Crippen LogP contribution in [0.4, 0.5) is 0 Å². The largest absolute Gasteiger partial charge is 0.464 e. The first-order chi connectivity index (χ1) is 14.5. The maximum absolute atomic E-state index is 13.1. The van der Waals surface area contributed by atoms with Crippen LogP contribution in [0, 0.1) is 17.4 Å². The molecule has 6 nitrogen and oxygen atoms in total. The fourth-order valence-corrected chi connectivity index (χ4v) is 5.65. The number of piperidine rings is 1. The Labute approximate surface area is 199 Å². The van der Waals surface area contributed by atoms with Gasteiger partial charge in [0.25, 0.3) is 0 Å². The van der Waals surface area contributed by atoms with Crippen molar-refractivity contribution in [3.63, 3.8) is 0 Å². The number of amides is 1. The van der Waals surface area contributed by atoms with Gasteiger partial charge in [0.05, 0.1) is 18.6 Å². The average molecular weight is 542 g/mol. The first-order valence-corrected chi connectivity index (χ1v) is 12.3. The molecule has 0 bridgehead atoms. The van der Waals surface area contributed by atoms with Crippen LogP contribution in [-0.4, -0.2) is 48.1 Å². The highest BCUT2D eigenvalue weighted by molar-refractivity contribution is 14.1. The molecule has 2 aliphatic heterocycles. The van der Waals surface area contributed by atoms with Crippen molar-refractivity contribution in [1.29, 1.82) is 0 Å². The summed E-state index contributed by atoms with van der Waals surface area (Å²) in [6.07, 6.45) is 1.56. The van der Waals surface area contributed by atoms with Crippen LogP contribution < -0.4 is 5.32 Å². The Balaban J connectivity index is 2.05. The number of hydrogen-bond acceptors (Lipinski definition) is 5. The molecule has 7 heteroatoms. The summed E-state index contributed by atoms with van der Waals surface area (Å²) in [7, 11) is 0. The highest BCUT2D eigenvalue weighted by Gasteiger charge is 2.37.